The molecule has 3 aromatic rings. The minimum atomic E-state index is -0.738. The molecule has 1 saturated heterocycles. The van der Waals surface area contributed by atoms with Crippen LogP contribution in [0.5, 0.6) is 0 Å². The van der Waals surface area contributed by atoms with Gasteiger partial charge in [0, 0.05) is 36.5 Å². The van der Waals surface area contributed by atoms with E-state index in [1.807, 2.05) is 43.3 Å². The average Bonchev–Trinajstić information content (AvgIpc) is 3.34. The van der Waals surface area contributed by atoms with Crippen LogP contribution in [0.15, 0.2) is 73.1 Å². The van der Waals surface area contributed by atoms with Gasteiger partial charge in [0.25, 0.3) is 5.91 Å². The Morgan fingerprint density at radius 3 is 2.59 bits per heavy atom. The number of alkyl carbamates (subject to hydrolysis) is 1. The van der Waals surface area contributed by atoms with Gasteiger partial charge in [-0.1, -0.05) is 37.3 Å². The Balaban J connectivity index is 1.41. The molecule has 4 rings (SSSR count). The summed E-state index contributed by atoms with van der Waals surface area (Å²) >= 11 is 0. The highest BCUT2D eigenvalue weighted by Crippen LogP contribution is 2.32. The highest BCUT2D eigenvalue weighted by molar-refractivity contribution is 6.05. The van der Waals surface area contributed by atoms with Crippen LogP contribution in [0.1, 0.15) is 47.3 Å². The number of carbonyl (C=O) groups is 2. The molecule has 2 aromatic carbocycles. The van der Waals surface area contributed by atoms with Gasteiger partial charge < -0.3 is 26.4 Å². The van der Waals surface area contributed by atoms with Gasteiger partial charge in [-0.05, 0) is 48.9 Å². The fraction of sp³-hybridized carbons (Fsp3) is 0.269. The molecule has 0 bridgehead atoms. The number of amides is 2. The second-order valence-electron chi connectivity index (χ2n) is 8.32. The number of nitrogens with two attached hydrogens (primary N) is 1. The van der Waals surface area contributed by atoms with Crippen LogP contribution in [0, 0.1) is 0 Å². The number of anilines is 2. The topological polar surface area (TPSA) is 118 Å². The molecule has 2 heterocycles. The zero-order chi connectivity index (χ0) is 24.0. The number of rotatable bonds is 7. The maximum Gasteiger partial charge on any atom is 0.408 e. The lowest BCUT2D eigenvalue weighted by molar-refractivity contribution is 0.0205. The molecule has 2 amide bonds. The predicted molar refractivity (Wildman–Crippen MR) is 131 cm³/mol. The van der Waals surface area contributed by atoms with Gasteiger partial charge in [-0.15, -0.1) is 0 Å². The summed E-state index contributed by atoms with van der Waals surface area (Å²) in [6, 6.07) is 17.8. The van der Waals surface area contributed by atoms with Crippen LogP contribution < -0.4 is 21.7 Å². The van der Waals surface area contributed by atoms with E-state index < -0.39 is 11.7 Å². The monoisotopic (exact) mass is 459 g/mol. The van der Waals surface area contributed by atoms with Crippen LogP contribution in [0.2, 0.25) is 0 Å². The number of pyridine rings is 1. The Labute approximate surface area is 198 Å². The second-order valence-corrected chi connectivity index (χ2v) is 8.32. The lowest BCUT2D eigenvalue weighted by Crippen LogP contribution is -2.40. The van der Waals surface area contributed by atoms with Gasteiger partial charge in [-0.3, -0.25) is 9.78 Å². The van der Waals surface area contributed by atoms with E-state index in [0.29, 0.717) is 36.3 Å². The van der Waals surface area contributed by atoms with Gasteiger partial charge in [0.2, 0.25) is 0 Å². The Morgan fingerprint density at radius 1 is 1.15 bits per heavy atom. The molecule has 8 heteroatoms. The zero-order valence-electron chi connectivity index (χ0n) is 19.1. The van der Waals surface area contributed by atoms with Gasteiger partial charge >= 0.3 is 6.09 Å². The molecule has 1 fully saturated rings. The van der Waals surface area contributed by atoms with Crippen molar-refractivity contribution in [2.75, 3.05) is 24.1 Å². The van der Waals surface area contributed by atoms with Crippen molar-refractivity contribution in [2.24, 2.45) is 0 Å². The molecule has 0 aliphatic carbocycles. The fourth-order valence-corrected chi connectivity index (χ4v) is 4.14. The van der Waals surface area contributed by atoms with Crippen LogP contribution in [-0.2, 0) is 10.3 Å². The summed E-state index contributed by atoms with van der Waals surface area (Å²) in [5.41, 5.74) is 8.49. The lowest BCUT2D eigenvalue weighted by atomic mass is 9.94. The van der Waals surface area contributed by atoms with E-state index in [4.69, 9.17) is 10.5 Å². The van der Waals surface area contributed by atoms with Crippen molar-refractivity contribution < 1.29 is 14.3 Å². The van der Waals surface area contributed by atoms with Gasteiger partial charge in [-0.25, -0.2) is 4.79 Å². The Bertz CT molecular complexity index is 1130. The van der Waals surface area contributed by atoms with Gasteiger partial charge in [-0.2, -0.15) is 0 Å². The molecule has 0 radical (unpaired) electrons. The molecule has 1 aliphatic rings. The largest absolute Gasteiger partial charge is 0.437 e. The Kier molecular flexibility index (Phi) is 7.08. The van der Waals surface area contributed by atoms with Crippen molar-refractivity contribution in [2.45, 2.75) is 31.4 Å². The van der Waals surface area contributed by atoms with Gasteiger partial charge in [0.15, 0.2) is 5.60 Å². The average molecular weight is 460 g/mol. The molecule has 5 N–H and O–H groups in total. The molecule has 0 saturated carbocycles. The molecule has 34 heavy (non-hydrogen) atoms. The van der Waals surface area contributed by atoms with Crippen LogP contribution in [0.4, 0.5) is 16.2 Å². The Hall–Kier alpha value is -3.91. The molecule has 1 aliphatic heterocycles. The smallest absolute Gasteiger partial charge is 0.408 e. The molecule has 1 aromatic heterocycles. The van der Waals surface area contributed by atoms with E-state index in [1.165, 1.54) is 0 Å². The number of nitrogens with one attached hydrogen (secondary N) is 3. The van der Waals surface area contributed by atoms with E-state index in [-0.39, 0.29) is 11.9 Å². The number of aromatic nitrogens is 1. The summed E-state index contributed by atoms with van der Waals surface area (Å²) in [5.74, 6) is -0.253. The van der Waals surface area contributed by atoms with Crippen LogP contribution >= 0.6 is 0 Å². The third kappa shape index (κ3) is 5.18. The number of nitrogen functional groups attached to an aromatic ring is 1. The summed E-state index contributed by atoms with van der Waals surface area (Å²) < 4.78 is 5.95. The molecular weight excluding hydrogens is 430 g/mol. The van der Waals surface area contributed by atoms with E-state index in [9.17, 15) is 9.59 Å². The molecule has 0 spiro atoms. The van der Waals surface area contributed by atoms with E-state index in [2.05, 4.69) is 20.9 Å². The van der Waals surface area contributed by atoms with Gasteiger partial charge in [0.1, 0.15) is 0 Å². The first-order chi connectivity index (χ1) is 16.5. The SMILES string of the molecule is CC[C@H](NC(=O)O[C@@]1(c2cccnc2)CCNC1)c1ccc(C(=O)Nc2ccccc2N)cc1. The number of nitrogens with zero attached hydrogens (tertiary/aromatic N) is 1. The highest BCUT2D eigenvalue weighted by Gasteiger charge is 2.40. The number of para-hydroxylation sites is 2. The lowest BCUT2D eigenvalue weighted by Gasteiger charge is -2.29. The minimum absolute atomic E-state index is 0.253. The minimum Gasteiger partial charge on any atom is -0.437 e. The number of carbonyl (C=O) groups excluding carboxylic acids is 2. The number of benzene rings is 2. The van der Waals surface area contributed by atoms with Crippen LogP contribution in [0.25, 0.3) is 0 Å². The quantitative estimate of drug-likeness (QED) is 0.397. The maximum atomic E-state index is 12.9. The third-order valence-corrected chi connectivity index (χ3v) is 6.08. The predicted octanol–water partition coefficient (Wildman–Crippen LogP) is 3.98. The van der Waals surface area contributed by atoms with Gasteiger partial charge in [0.05, 0.1) is 17.4 Å². The second kappa shape index (κ2) is 10.4. The molecular formula is C26H29N5O3. The summed E-state index contributed by atoms with van der Waals surface area (Å²) in [6.45, 7) is 3.29. The summed E-state index contributed by atoms with van der Waals surface area (Å²) in [7, 11) is 0. The van der Waals surface area contributed by atoms with Crippen molar-refractivity contribution in [1.29, 1.82) is 0 Å². The van der Waals surface area contributed by atoms with E-state index in [0.717, 1.165) is 17.7 Å². The normalized spacial score (nSPS) is 18.1. The number of hydrogen-bond donors (Lipinski definition) is 4. The summed E-state index contributed by atoms with van der Waals surface area (Å²) in [6.07, 6.45) is 4.30. The Morgan fingerprint density at radius 2 is 1.94 bits per heavy atom. The van der Waals surface area contributed by atoms with Crippen LogP contribution in [-0.4, -0.2) is 30.1 Å². The highest BCUT2D eigenvalue weighted by atomic mass is 16.6. The molecule has 2 atom stereocenters. The first-order valence-electron chi connectivity index (χ1n) is 11.4. The maximum absolute atomic E-state index is 12.9. The number of ether oxygens (including phenoxy) is 1. The van der Waals surface area contributed by atoms with E-state index in [1.54, 1.807) is 36.7 Å². The van der Waals surface area contributed by atoms with Crippen molar-refractivity contribution in [3.05, 3.63) is 89.7 Å². The first kappa shape index (κ1) is 23.3. The molecule has 8 nitrogen and oxygen atoms in total. The fourth-order valence-electron chi connectivity index (χ4n) is 4.14. The number of hydrogen-bond acceptors (Lipinski definition) is 6. The van der Waals surface area contributed by atoms with Crippen molar-refractivity contribution in [3.63, 3.8) is 0 Å². The summed E-state index contributed by atoms with van der Waals surface area (Å²) in [4.78, 5) is 29.6. The van der Waals surface area contributed by atoms with Crippen LogP contribution in [0.3, 0.4) is 0 Å². The third-order valence-electron chi connectivity index (χ3n) is 6.08. The summed E-state index contributed by atoms with van der Waals surface area (Å²) in [5, 5.41) is 9.07. The van der Waals surface area contributed by atoms with Crippen molar-refractivity contribution in [3.8, 4) is 0 Å². The molecule has 176 valence electrons. The van der Waals surface area contributed by atoms with Crippen molar-refractivity contribution >= 4 is 23.4 Å². The zero-order valence-corrected chi connectivity index (χ0v) is 19.1. The van der Waals surface area contributed by atoms with E-state index >= 15 is 0 Å². The molecule has 0 unspecified atom stereocenters. The van der Waals surface area contributed by atoms with Crippen molar-refractivity contribution in [1.82, 2.24) is 15.6 Å². The first-order valence-corrected chi connectivity index (χ1v) is 11.4. The standard InChI is InChI=1S/C26H29N5O3/c1-2-22(31-25(33)34-26(13-15-29-17-26)20-6-5-14-28-16-20)18-9-11-19(12-10-18)24(32)30-23-8-4-3-7-21(23)27/h3-12,14,16,22,29H,2,13,15,17,27H2,1H3,(H,30,32)(H,31,33)/t22-,26-/m0/s1.